The maximum atomic E-state index is 12.4. The number of halogens is 1. The Kier molecular flexibility index (Phi) is 3.64. The summed E-state index contributed by atoms with van der Waals surface area (Å²) >= 11 is 3.35. The number of carbonyl (C=O) groups excluding carboxylic acids is 1. The molecule has 1 aliphatic heterocycles. The van der Waals surface area contributed by atoms with E-state index in [-0.39, 0.29) is 13.2 Å². The molecule has 0 saturated carbocycles. The summed E-state index contributed by atoms with van der Waals surface area (Å²) in [7, 11) is 1.58. The van der Waals surface area contributed by atoms with Crippen molar-refractivity contribution < 1.29 is 19.4 Å². The molecule has 0 spiro atoms. The van der Waals surface area contributed by atoms with Crippen molar-refractivity contribution in [3.8, 4) is 0 Å². The molecule has 1 amide bonds. The number of nitrogens with zero attached hydrogens (tertiary/aromatic N) is 1. The zero-order chi connectivity index (χ0) is 14.2. The fourth-order valence-electron chi connectivity index (χ4n) is 2.02. The van der Waals surface area contributed by atoms with Crippen molar-refractivity contribution in [1.29, 1.82) is 0 Å². The second kappa shape index (κ2) is 4.94. The first-order chi connectivity index (χ1) is 8.88. The van der Waals surface area contributed by atoms with E-state index in [2.05, 4.69) is 15.9 Å². The fraction of sp³-hybridized carbons (Fsp3) is 0.385. The number of anilines is 1. The van der Waals surface area contributed by atoms with Crippen LogP contribution in [0.4, 0.5) is 5.69 Å². The molecule has 1 aromatic rings. The molecule has 1 fully saturated rings. The summed E-state index contributed by atoms with van der Waals surface area (Å²) in [4.78, 5) is 25.1. The first-order valence-electron chi connectivity index (χ1n) is 5.74. The van der Waals surface area contributed by atoms with Crippen LogP contribution in [0.1, 0.15) is 5.56 Å². The van der Waals surface area contributed by atoms with E-state index in [9.17, 15) is 14.7 Å². The molecule has 1 aliphatic rings. The van der Waals surface area contributed by atoms with Crippen LogP contribution in [-0.2, 0) is 14.3 Å². The van der Waals surface area contributed by atoms with Gasteiger partial charge in [-0.15, -0.1) is 0 Å². The molecule has 0 aliphatic carbocycles. The summed E-state index contributed by atoms with van der Waals surface area (Å²) in [6.07, 6.45) is 0. The first kappa shape index (κ1) is 14.0. The van der Waals surface area contributed by atoms with Gasteiger partial charge in [0.25, 0.3) is 0 Å². The highest BCUT2D eigenvalue weighted by atomic mass is 79.9. The molecule has 102 valence electrons. The number of carbonyl (C=O) groups is 2. The van der Waals surface area contributed by atoms with Gasteiger partial charge in [0.05, 0.1) is 13.2 Å². The van der Waals surface area contributed by atoms with E-state index in [4.69, 9.17) is 4.74 Å². The molecule has 0 aromatic heterocycles. The second-order valence-electron chi connectivity index (χ2n) is 4.68. The topological polar surface area (TPSA) is 66.8 Å². The summed E-state index contributed by atoms with van der Waals surface area (Å²) in [5, 5.41) is 9.24. The van der Waals surface area contributed by atoms with Gasteiger partial charge in [0.1, 0.15) is 0 Å². The van der Waals surface area contributed by atoms with Crippen molar-refractivity contribution in [3.63, 3.8) is 0 Å². The summed E-state index contributed by atoms with van der Waals surface area (Å²) in [5.74, 6) is -1.59. The summed E-state index contributed by atoms with van der Waals surface area (Å²) in [6, 6.07) is 5.53. The molecular formula is C13H14BrNO4. The molecule has 0 radical (unpaired) electrons. The average Bonchev–Trinajstić information content (AvgIpc) is 2.29. The van der Waals surface area contributed by atoms with Gasteiger partial charge in [-0.1, -0.05) is 22.0 Å². The number of carboxylic acid groups (broad SMARTS) is 1. The first-order valence-corrected chi connectivity index (χ1v) is 6.53. The Morgan fingerprint density at radius 3 is 2.53 bits per heavy atom. The zero-order valence-corrected chi connectivity index (χ0v) is 12.2. The molecule has 1 N–H and O–H groups in total. The normalized spacial score (nSPS) is 16.6. The lowest BCUT2D eigenvalue weighted by molar-refractivity contribution is -0.183. The van der Waals surface area contributed by atoms with Gasteiger partial charge < -0.3 is 14.7 Å². The lowest BCUT2D eigenvalue weighted by Crippen LogP contribution is -2.59. The maximum Gasteiger partial charge on any atom is 0.324 e. The van der Waals surface area contributed by atoms with Gasteiger partial charge in [-0.3, -0.25) is 9.59 Å². The minimum atomic E-state index is -1.44. The van der Waals surface area contributed by atoms with E-state index in [0.29, 0.717) is 5.69 Å². The number of ether oxygens (including phenoxy) is 1. The molecule has 1 heterocycles. The van der Waals surface area contributed by atoms with Gasteiger partial charge in [-0.2, -0.15) is 0 Å². The predicted molar refractivity (Wildman–Crippen MR) is 73.2 cm³/mol. The number of hydrogen-bond donors (Lipinski definition) is 1. The van der Waals surface area contributed by atoms with Crippen LogP contribution in [-0.4, -0.2) is 37.2 Å². The Morgan fingerprint density at radius 1 is 1.42 bits per heavy atom. The molecule has 1 saturated heterocycles. The van der Waals surface area contributed by atoms with E-state index in [0.717, 1.165) is 10.0 Å². The zero-order valence-electron chi connectivity index (χ0n) is 10.6. The number of aryl methyl sites for hydroxylation is 1. The van der Waals surface area contributed by atoms with Crippen molar-refractivity contribution >= 4 is 33.5 Å². The highest BCUT2D eigenvalue weighted by Gasteiger charge is 2.54. The van der Waals surface area contributed by atoms with Crippen LogP contribution in [0.3, 0.4) is 0 Å². The molecular weight excluding hydrogens is 314 g/mol. The SMILES string of the molecule is Cc1ccc(Br)cc1N(C)C(=O)C1(C(=O)O)COC1. The van der Waals surface area contributed by atoms with E-state index < -0.39 is 17.3 Å². The maximum absolute atomic E-state index is 12.4. The van der Waals surface area contributed by atoms with E-state index in [1.54, 1.807) is 13.1 Å². The van der Waals surface area contributed by atoms with E-state index >= 15 is 0 Å². The van der Waals surface area contributed by atoms with Crippen molar-refractivity contribution in [3.05, 3.63) is 28.2 Å². The van der Waals surface area contributed by atoms with Crippen molar-refractivity contribution in [2.75, 3.05) is 25.2 Å². The lowest BCUT2D eigenvalue weighted by atomic mass is 9.84. The van der Waals surface area contributed by atoms with E-state index in [1.807, 2.05) is 19.1 Å². The highest BCUT2D eigenvalue weighted by molar-refractivity contribution is 9.10. The van der Waals surface area contributed by atoms with Crippen LogP contribution in [0.2, 0.25) is 0 Å². The van der Waals surface area contributed by atoms with Gasteiger partial charge in [0.2, 0.25) is 5.91 Å². The summed E-state index contributed by atoms with van der Waals surface area (Å²) < 4.78 is 5.76. The van der Waals surface area contributed by atoms with Crippen molar-refractivity contribution in [1.82, 2.24) is 0 Å². The van der Waals surface area contributed by atoms with Gasteiger partial charge >= 0.3 is 5.97 Å². The minimum absolute atomic E-state index is 0.0709. The predicted octanol–water partition coefficient (Wildman–Crippen LogP) is 1.82. The van der Waals surface area contributed by atoms with Crippen LogP contribution in [0.5, 0.6) is 0 Å². The number of hydrogen-bond acceptors (Lipinski definition) is 3. The Morgan fingerprint density at radius 2 is 2.05 bits per heavy atom. The van der Waals surface area contributed by atoms with Gasteiger partial charge in [-0.25, -0.2) is 0 Å². The number of rotatable bonds is 3. The average molecular weight is 328 g/mol. The largest absolute Gasteiger partial charge is 0.480 e. The Hall–Kier alpha value is -1.40. The van der Waals surface area contributed by atoms with E-state index in [1.165, 1.54) is 4.90 Å². The molecule has 5 nitrogen and oxygen atoms in total. The number of amides is 1. The van der Waals surface area contributed by atoms with Crippen LogP contribution in [0.25, 0.3) is 0 Å². The quantitative estimate of drug-likeness (QED) is 0.860. The summed E-state index contributed by atoms with van der Waals surface area (Å²) in [6.45, 7) is 1.73. The third-order valence-corrected chi connectivity index (χ3v) is 3.85. The van der Waals surface area contributed by atoms with Crippen LogP contribution < -0.4 is 4.90 Å². The number of benzene rings is 1. The van der Waals surface area contributed by atoms with Crippen LogP contribution in [0.15, 0.2) is 22.7 Å². The standard InChI is InChI=1S/C13H14BrNO4/c1-8-3-4-9(14)5-10(8)15(2)11(16)13(12(17)18)6-19-7-13/h3-5H,6-7H2,1-2H3,(H,17,18). The molecule has 6 heteroatoms. The van der Waals surface area contributed by atoms with Gasteiger partial charge in [0.15, 0.2) is 5.41 Å². The summed E-state index contributed by atoms with van der Waals surface area (Å²) in [5.41, 5.74) is 0.149. The van der Waals surface area contributed by atoms with Crippen molar-refractivity contribution in [2.45, 2.75) is 6.92 Å². The number of aliphatic carboxylic acids is 1. The smallest absolute Gasteiger partial charge is 0.324 e. The fourth-order valence-corrected chi connectivity index (χ4v) is 2.37. The highest BCUT2D eigenvalue weighted by Crippen LogP contribution is 2.33. The lowest BCUT2D eigenvalue weighted by Gasteiger charge is -2.38. The molecule has 2 rings (SSSR count). The Labute approximate surface area is 119 Å². The third kappa shape index (κ3) is 2.26. The van der Waals surface area contributed by atoms with Crippen molar-refractivity contribution in [2.24, 2.45) is 5.41 Å². The molecule has 19 heavy (non-hydrogen) atoms. The molecule has 0 atom stereocenters. The second-order valence-corrected chi connectivity index (χ2v) is 5.59. The minimum Gasteiger partial charge on any atom is -0.480 e. The molecule has 0 bridgehead atoms. The molecule has 1 aromatic carbocycles. The molecule has 0 unspecified atom stereocenters. The Balaban J connectivity index is 2.33. The number of carboxylic acids is 1. The Bertz CT molecular complexity index is 539. The van der Waals surface area contributed by atoms with Crippen LogP contribution >= 0.6 is 15.9 Å². The van der Waals surface area contributed by atoms with Gasteiger partial charge in [-0.05, 0) is 24.6 Å². The van der Waals surface area contributed by atoms with Crippen LogP contribution in [0, 0.1) is 12.3 Å². The van der Waals surface area contributed by atoms with Gasteiger partial charge in [0, 0.05) is 17.2 Å². The third-order valence-electron chi connectivity index (χ3n) is 3.35. The monoisotopic (exact) mass is 327 g/mol.